The first-order chi connectivity index (χ1) is 8.45. The van der Waals surface area contributed by atoms with Crippen LogP contribution in [0.1, 0.15) is 22.7 Å². The molecule has 2 rings (SSSR count). The summed E-state index contributed by atoms with van der Waals surface area (Å²) in [6.45, 7) is 3.90. The Labute approximate surface area is 106 Å². The molecule has 18 heavy (non-hydrogen) atoms. The number of benzene rings is 1. The van der Waals surface area contributed by atoms with Gasteiger partial charge in [0.2, 0.25) is 11.8 Å². The second kappa shape index (κ2) is 4.42. The van der Waals surface area contributed by atoms with Crippen LogP contribution in [-0.2, 0) is 9.59 Å². The SMILES string of the molecule is CNC(=O)CN1C(=O)C(N)c2c(C)cc(C)cc21. The Hall–Kier alpha value is -1.88. The Morgan fingerprint density at radius 2 is 2.11 bits per heavy atom. The van der Waals surface area contributed by atoms with E-state index in [1.807, 2.05) is 26.0 Å². The molecular weight excluding hydrogens is 230 g/mol. The van der Waals surface area contributed by atoms with Gasteiger partial charge in [-0.15, -0.1) is 0 Å². The Bertz CT molecular complexity index is 525. The first kappa shape index (κ1) is 12.6. The summed E-state index contributed by atoms with van der Waals surface area (Å²) in [5, 5.41) is 2.51. The summed E-state index contributed by atoms with van der Waals surface area (Å²) < 4.78 is 0. The van der Waals surface area contributed by atoms with Crippen molar-refractivity contribution in [2.24, 2.45) is 5.73 Å². The fraction of sp³-hybridized carbons (Fsp3) is 0.385. The van der Waals surface area contributed by atoms with Gasteiger partial charge < -0.3 is 16.0 Å². The molecule has 0 radical (unpaired) electrons. The fourth-order valence-corrected chi connectivity index (χ4v) is 2.38. The standard InChI is InChI=1S/C13H17N3O2/c1-7-4-8(2)11-9(5-7)16(6-10(17)15-3)13(18)12(11)14/h4-5,12H,6,14H2,1-3H3,(H,15,17). The minimum atomic E-state index is -0.662. The number of hydrogen-bond donors (Lipinski definition) is 2. The molecule has 3 N–H and O–H groups in total. The molecule has 1 unspecified atom stereocenters. The third-order valence-corrected chi connectivity index (χ3v) is 3.22. The zero-order valence-electron chi connectivity index (χ0n) is 10.8. The lowest BCUT2D eigenvalue weighted by Gasteiger charge is -2.17. The Morgan fingerprint density at radius 3 is 2.72 bits per heavy atom. The van der Waals surface area contributed by atoms with E-state index in [4.69, 9.17) is 5.73 Å². The van der Waals surface area contributed by atoms with E-state index < -0.39 is 6.04 Å². The molecular formula is C13H17N3O2. The molecule has 96 valence electrons. The lowest BCUT2D eigenvalue weighted by Crippen LogP contribution is -2.39. The summed E-state index contributed by atoms with van der Waals surface area (Å²) in [5.74, 6) is -0.426. The second-order valence-electron chi connectivity index (χ2n) is 4.59. The molecule has 0 saturated carbocycles. The number of carbonyl (C=O) groups excluding carboxylic acids is 2. The number of nitrogens with zero attached hydrogens (tertiary/aromatic N) is 1. The van der Waals surface area contributed by atoms with E-state index in [1.165, 1.54) is 4.90 Å². The highest BCUT2D eigenvalue weighted by Crippen LogP contribution is 2.37. The number of rotatable bonds is 2. The van der Waals surface area contributed by atoms with Crippen LogP contribution in [0.2, 0.25) is 0 Å². The van der Waals surface area contributed by atoms with E-state index in [0.717, 1.165) is 22.4 Å². The van der Waals surface area contributed by atoms with E-state index in [9.17, 15) is 9.59 Å². The van der Waals surface area contributed by atoms with E-state index in [2.05, 4.69) is 5.32 Å². The number of anilines is 1. The maximum absolute atomic E-state index is 12.1. The number of aryl methyl sites for hydroxylation is 2. The highest BCUT2D eigenvalue weighted by Gasteiger charge is 2.36. The van der Waals surface area contributed by atoms with E-state index in [-0.39, 0.29) is 18.4 Å². The van der Waals surface area contributed by atoms with Crippen LogP contribution in [-0.4, -0.2) is 25.4 Å². The van der Waals surface area contributed by atoms with Gasteiger partial charge in [0.05, 0.1) is 5.69 Å². The van der Waals surface area contributed by atoms with Gasteiger partial charge in [-0.25, -0.2) is 0 Å². The van der Waals surface area contributed by atoms with Crippen LogP contribution >= 0.6 is 0 Å². The van der Waals surface area contributed by atoms with Crippen molar-refractivity contribution >= 4 is 17.5 Å². The smallest absolute Gasteiger partial charge is 0.249 e. The molecule has 1 aromatic carbocycles. The third kappa shape index (κ3) is 1.86. The van der Waals surface area contributed by atoms with Crippen molar-refractivity contribution in [1.82, 2.24) is 5.32 Å². The monoisotopic (exact) mass is 247 g/mol. The lowest BCUT2D eigenvalue weighted by atomic mass is 10.0. The van der Waals surface area contributed by atoms with Crippen LogP contribution in [0.3, 0.4) is 0 Å². The maximum Gasteiger partial charge on any atom is 0.249 e. The van der Waals surface area contributed by atoms with E-state index in [1.54, 1.807) is 7.05 Å². The number of amides is 2. The second-order valence-corrected chi connectivity index (χ2v) is 4.59. The normalized spacial score (nSPS) is 17.9. The molecule has 2 amide bonds. The van der Waals surface area contributed by atoms with Gasteiger partial charge in [-0.05, 0) is 31.0 Å². The summed E-state index contributed by atoms with van der Waals surface area (Å²) in [6, 6.07) is 3.23. The number of fused-ring (bicyclic) bond motifs is 1. The first-order valence-corrected chi connectivity index (χ1v) is 5.84. The Morgan fingerprint density at radius 1 is 1.44 bits per heavy atom. The van der Waals surface area contributed by atoms with Crippen molar-refractivity contribution in [3.63, 3.8) is 0 Å². The van der Waals surface area contributed by atoms with Gasteiger partial charge in [0.25, 0.3) is 0 Å². The molecule has 1 aromatic rings. The number of nitrogens with one attached hydrogen (secondary N) is 1. The van der Waals surface area contributed by atoms with Crippen LogP contribution in [0, 0.1) is 13.8 Å². The highest BCUT2D eigenvalue weighted by molar-refractivity contribution is 6.08. The van der Waals surface area contributed by atoms with Crippen molar-refractivity contribution in [3.05, 3.63) is 28.8 Å². The van der Waals surface area contributed by atoms with Crippen molar-refractivity contribution < 1.29 is 9.59 Å². The average molecular weight is 247 g/mol. The summed E-state index contributed by atoms with van der Waals surface area (Å²) in [5.41, 5.74) is 9.55. The number of likely N-dealkylation sites (N-methyl/N-ethyl adjacent to an activating group) is 1. The van der Waals surface area contributed by atoms with Gasteiger partial charge in [-0.3, -0.25) is 9.59 Å². The van der Waals surface area contributed by atoms with Crippen LogP contribution < -0.4 is 16.0 Å². The summed E-state index contributed by atoms with van der Waals surface area (Å²) in [7, 11) is 1.55. The van der Waals surface area contributed by atoms with Gasteiger partial charge >= 0.3 is 0 Å². The number of hydrogen-bond acceptors (Lipinski definition) is 3. The number of carbonyl (C=O) groups is 2. The molecule has 0 fully saturated rings. The molecule has 5 nitrogen and oxygen atoms in total. The Balaban J connectivity index is 2.48. The predicted octanol–water partition coefficient (Wildman–Crippen LogP) is 0.396. The fourth-order valence-electron chi connectivity index (χ4n) is 2.38. The minimum Gasteiger partial charge on any atom is -0.358 e. The van der Waals surface area contributed by atoms with Crippen molar-refractivity contribution in [2.45, 2.75) is 19.9 Å². The molecule has 0 spiro atoms. The van der Waals surface area contributed by atoms with Gasteiger partial charge in [0.1, 0.15) is 12.6 Å². The first-order valence-electron chi connectivity index (χ1n) is 5.84. The van der Waals surface area contributed by atoms with Crippen LogP contribution in [0.15, 0.2) is 12.1 Å². The largest absolute Gasteiger partial charge is 0.358 e. The predicted molar refractivity (Wildman–Crippen MR) is 69.3 cm³/mol. The topological polar surface area (TPSA) is 75.4 Å². The summed E-state index contributed by atoms with van der Waals surface area (Å²) in [6.07, 6.45) is 0. The molecule has 0 aromatic heterocycles. The van der Waals surface area contributed by atoms with E-state index in [0.29, 0.717) is 0 Å². The zero-order valence-corrected chi connectivity index (χ0v) is 10.8. The van der Waals surface area contributed by atoms with Crippen LogP contribution in [0.4, 0.5) is 5.69 Å². The molecule has 0 saturated heterocycles. The van der Waals surface area contributed by atoms with Crippen molar-refractivity contribution in [2.75, 3.05) is 18.5 Å². The number of nitrogens with two attached hydrogens (primary N) is 1. The molecule has 0 aliphatic carbocycles. The highest BCUT2D eigenvalue weighted by atomic mass is 16.2. The van der Waals surface area contributed by atoms with Gasteiger partial charge in [0.15, 0.2) is 0 Å². The Kier molecular flexibility index (Phi) is 3.09. The van der Waals surface area contributed by atoms with Gasteiger partial charge in [-0.1, -0.05) is 6.07 Å². The maximum atomic E-state index is 12.1. The minimum absolute atomic E-state index is 0.0128. The molecule has 1 heterocycles. The molecule has 5 heteroatoms. The van der Waals surface area contributed by atoms with Crippen molar-refractivity contribution in [1.29, 1.82) is 0 Å². The van der Waals surface area contributed by atoms with Crippen LogP contribution in [0.5, 0.6) is 0 Å². The zero-order chi connectivity index (χ0) is 13.4. The van der Waals surface area contributed by atoms with Crippen LogP contribution in [0.25, 0.3) is 0 Å². The van der Waals surface area contributed by atoms with Crippen molar-refractivity contribution in [3.8, 4) is 0 Å². The molecule has 0 bridgehead atoms. The third-order valence-electron chi connectivity index (χ3n) is 3.22. The molecule has 1 aliphatic heterocycles. The summed E-state index contributed by atoms with van der Waals surface area (Å²) in [4.78, 5) is 25.0. The van der Waals surface area contributed by atoms with E-state index >= 15 is 0 Å². The molecule has 1 aliphatic rings. The van der Waals surface area contributed by atoms with Gasteiger partial charge in [0, 0.05) is 12.6 Å². The van der Waals surface area contributed by atoms with Gasteiger partial charge in [-0.2, -0.15) is 0 Å². The lowest BCUT2D eigenvalue weighted by molar-refractivity contribution is -0.123. The molecule has 1 atom stereocenters. The quantitative estimate of drug-likeness (QED) is 0.794. The summed E-state index contributed by atoms with van der Waals surface area (Å²) >= 11 is 0. The average Bonchev–Trinajstić information content (AvgIpc) is 2.54.